The molecule has 2 heterocycles. The summed E-state index contributed by atoms with van der Waals surface area (Å²) in [6.07, 6.45) is 0. The molecule has 0 saturated carbocycles. The summed E-state index contributed by atoms with van der Waals surface area (Å²) in [4.78, 5) is 28.6. The van der Waals surface area contributed by atoms with Crippen LogP contribution in [0.3, 0.4) is 0 Å². The van der Waals surface area contributed by atoms with Gasteiger partial charge in [-0.15, -0.1) is 0 Å². The number of hydrogen-bond acceptors (Lipinski definition) is 6. The van der Waals surface area contributed by atoms with Gasteiger partial charge in [0.25, 0.3) is 5.91 Å². The van der Waals surface area contributed by atoms with Crippen LogP contribution >= 0.6 is 11.6 Å². The monoisotopic (exact) mass is 503 g/mol. The molecule has 1 amide bonds. The van der Waals surface area contributed by atoms with Gasteiger partial charge >= 0.3 is 0 Å². The van der Waals surface area contributed by atoms with Gasteiger partial charge in [-0.1, -0.05) is 41.9 Å². The van der Waals surface area contributed by atoms with Crippen molar-refractivity contribution in [3.8, 4) is 11.5 Å². The van der Waals surface area contributed by atoms with Crippen LogP contribution in [0, 0.1) is 0 Å². The Morgan fingerprint density at radius 3 is 2.58 bits per heavy atom. The zero-order chi connectivity index (χ0) is 25.4. The minimum absolute atomic E-state index is 0.0548. The number of furan rings is 1. The third-order valence-corrected chi connectivity index (χ3v) is 6.18. The van der Waals surface area contributed by atoms with Crippen LogP contribution in [-0.4, -0.2) is 30.5 Å². The normalized spacial score (nSPS) is 15.6. The average molecular weight is 504 g/mol. The minimum atomic E-state index is -0.911. The molecule has 0 aliphatic carbocycles. The number of ether oxygens (including phenoxy) is 2. The Morgan fingerprint density at radius 1 is 1.08 bits per heavy atom. The van der Waals surface area contributed by atoms with Gasteiger partial charge in [-0.2, -0.15) is 0 Å². The first-order valence-electron chi connectivity index (χ1n) is 11.3. The lowest BCUT2D eigenvalue weighted by Crippen LogP contribution is -2.31. The predicted molar refractivity (Wildman–Crippen MR) is 136 cm³/mol. The Hall–Kier alpha value is -4.23. The van der Waals surface area contributed by atoms with Gasteiger partial charge in [0, 0.05) is 22.2 Å². The van der Waals surface area contributed by atoms with Crippen LogP contribution in [0.4, 0.5) is 5.69 Å². The molecule has 0 fully saturated rings. The molecule has 8 heteroatoms. The summed E-state index contributed by atoms with van der Waals surface area (Å²) in [6, 6.07) is 19.8. The second-order valence-corrected chi connectivity index (χ2v) is 8.58. The van der Waals surface area contributed by atoms with E-state index in [-0.39, 0.29) is 11.3 Å². The Labute approximate surface area is 212 Å². The number of aliphatic hydroxyl groups is 1. The number of Topliss-reactive ketones (excluding diaryl/α,β-unsaturated/α-hetero) is 1. The number of carbonyl (C=O) groups is 2. The van der Waals surface area contributed by atoms with Gasteiger partial charge < -0.3 is 19.0 Å². The van der Waals surface area contributed by atoms with Gasteiger partial charge in [0.2, 0.25) is 5.78 Å². The van der Waals surface area contributed by atoms with E-state index in [1.807, 2.05) is 13.0 Å². The summed E-state index contributed by atoms with van der Waals surface area (Å²) < 4.78 is 16.8. The van der Waals surface area contributed by atoms with Gasteiger partial charge in [0.15, 0.2) is 22.9 Å². The number of aliphatic hydroxyl groups excluding tert-OH is 1. The molecule has 1 atom stereocenters. The highest BCUT2D eigenvalue weighted by Gasteiger charge is 2.45. The maximum Gasteiger partial charge on any atom is 0.294 e. The standard InChI is InChI=1S/C28H22ClNO6/c1-3-35-20-11-7-8-16(13-20)24-23(26(32)28(33)30(24)19-9-5-4-6-10-19)25(31)21-14-17-12-18(29)15-22(34-2)27(17)36-21/h4-15,24,32H,3H2,1-2H3. The minimum Gasteiger partial charge on any atom is -0.503 e. The van der Waals surface area contributed by atoms with Gasteiger partial charge in [-0.25, -0.2) is 0 Å². The van der Waals surface area contributed by atoms with Gasteiger partial charge in [-0.05, 0) is 48.9 Å². The summed E-state index contributed by atoms with van der Waals surface area (Å²) >= 11 is 6.17. The molecule has 0 spiro atoms. The highest BCUT2D eigenvalue weighted by Crippen LogP contribution is 2.43. The van der Waals surface area contributed by atoms with Crippen LogP contribution in [0.2, 0.25) is 5.02 Å². The summed E-state index contributed by atoms with van der Waals surface area (Å²) in [5.41, 5.74) is 1.37. The number of methoxy groups -OCH3 is 1. The van der Waals surface area contributed by atoms with E-state index in [0.29, 0.717) is 45.3 Å². The molecular weight excluding hydrogens is 482 g/mol. The van der Waals surface area contributed by atoms with E-state index in [1.165, 1.54) is 18.1 Å². The Kier molecular flexibility index (Phi) is 6.16. The number of carbonyl (C=O) groups excluding carboxylic acids is 2. The molecule has 3 aromatic carbocycles. The average Bonchev–Trinajstić information content (AvgIpc) is 3.43. The van der Waals surface area contributed by atoms with E-state index in [4.69, 9.17) is 25.5 Å². The second kappa shape index (κ2) is 9.43. The van der Waals surface area contributed by atoms with E-state index in [1.54, 1.807) is 60.7 Å². The fourth-order valence-corrected chi connectivity index (χ4v) is 4.65. The molecule has 0 radical (unpaired) electrons. The van der Waals surface area contributed by atoms with Crippen molar-refractivity contribution < 1.29 is 28.6 Å². The lowest BCUT2D eigenvalue weighted by Gasteiger charge is -2.27. The second-order valence-electron chi connectivity index (χ2n) is 8.15. The van der Waals surface area contributed by atoms with Crippen molar-refractivity contribution in [2.75, 3.05) is 18.6 Å². The van der Waals surface area contributed by atoms with Crippen LogP contribution in [0.1, 0.15) is 29.1 Å². The Bertz CT molecular complexity index is 1510. The van der Waals surface area contributed by atoms with Crippen LogP contribution < -0.4 is 14.4 Å². The van der Waals surface area contributed by atoms with Gasteiger partial charge in [0.1, 0.15) is 5.75 Å². The Balaban J connectivity index is 1.66. The molecule has 1 unspecified atom stereocenters. The number of para-hydroxylation sites is 1. The molecule has 1 N–H and O–H groups in total. The maximum absolute atomic E-state index is 13.8. The number of rotatable bonds is 7. The summed E-state index contributed by atoms with van der Waals surface area (Å²) in [6.45, 7) is 2.32. The molecule has 1 aromatic heterocycles. The first-order chi connectivity index (χ1) is 17.4. The van der Waals surface area contributed by atoms with E-state index < -0.39 is 23.5 Å². The quantitative estimate of drug-likeness (QED) is 0.299. The number of halogens is 1. The number of ketones is 1. The van der Waals surface area contributed by atoms with Crippen LogP contribution in [0.25, 0.3) is 11.0 Å². The largest absolute Gasteiger partial charge is 0.503 e. The molecule has 182 valence electrons. The Morgan fingerprint density at radius 2 is 1.86 bits per heavy atom. The van der Waals surface area contributed by atoms with Crippen LogP contribution in [-0.2, 0) is 4.79 Å². The number of anilines is 1. The molecular formula is C28H22ClNO6. The molecule has 5 rings (SSSR count). The van der Waals surface area contributed by atoms with E-state index in [2.05, 4.69) is 0 Å². The van der Waals surface area contributed by atoms with Gasteiger partial charge in [0.05, 0.1) is 25.3 Å². The molecule has 4 aromatic rings. The molecule has 1 aliphatic heterocycles. The number of hydrogen-bond donors (Lipinski definition) is 1. The highest BCUT2D eigenvalue weighted by atomic mass is 35.5. The van der Waals surface area contributed by atoms with E-state index in [9.17, 15) is 14.7 Å². The highest BCUT2D eigenvalue weighted by molar-refractivity contribution is 6.31. The smallest absolute Gasteiger partial charge is 0.294 e. The fraction of sp³-hybridized carbons (Fsp3) is 0.143. The predicted octanol–water partition coefficient (Wildman–Crippen LogP) is 6.28. The zero-order valence-corrected chi connectivity index (χ0v) is 20.3. The topological polar surface area (TPSA) is 89.2 Å². The number of benzene rings is 3. The van der Waals surface area contributed by atoms with Crippen molar-refractivity contribution in [2.24, 2.45) is 0 Å². The van der Waals surface area contributed by atoms with Crippen molar-refractivity contribution in [1.82, 2.24) is 0 Å². The van der Waals surface area contributed by atoms with Crippen molar-refractivity contribution in [1.29, 1.82) is 0 Å². The maximum atomic E-state index is 13.8. The molecule has 0 saturated heterocycles. The van der Waals surface area contributed by atoms with Gasteiger partial charge in [-0.3, -0.25) is 14.5 Å². The summed E-state index contributed by atoms with van der Waals surface area (Å²) in [5, 5.41) is 12.0. The first-order valence-corrected chi connectivity index (χ1v) is 11.7. The zero-order valence-electron chi connectivity index (χ0n) is 19.5. The number of nitrogens with zero attached hydrogens (tertiary/aromatic N) is 1. The third kappa shape index (κ3) is 3.97. The first kappa shape index (κ1) is 23.5. The van der Waals surface area contributed by atoms with E-state index in [0.717, 1.165) is 0 Å². The number of fused-ring (bicyclic) bond motifs is 1. The lowest BCUT2D eigenvalue weighted by atomic mass is 9.94. The van der Waals surface area contributed by atoms with Crippen LogP contribution in [0.5, 0.6) is 11.5 Å². The van der Waals surface area contributed by atoms with E-state index >= 15 is 0 Å². The number of amides is 1. The van der Waals surface area contributed by atoms with Crippen molar-refractivity contribution in [3.63, 3.8) is 0 Å². The molecule has 7 nitrogen and oxygen atoms in total. The summed E-state index contributed by atoms with van der Waals surface area (Å²) in [7, 11) is 1.47. The molecule has 36 heavy (non-hydrogen) atoms. The molecule has 0 bridgehead atoms. The van der Waals surface area contributed by atoms with Crippen molar-refractivity contribution >= 4 is 39.9 Å². The fourth-order valence-electron chi connectivity index (χ4n) is 4.43. The SMILES string of the molecule is CCOc1cccc(C2C(C(=O)c3cc4cc(Cl)cc(OC)c4o3)=C(O)C(=O)N2c2ccccc2)c1. The van der Waals surface area contributed by atoms with Crippen molar-refractivity contribution in [2.45, 2.75) is 13.0 Å². The van der Waals surface area contributed by atoms with Crippen molar-refractivity contribution in [3.05, 3.63) is 100 Å². The third-order valence-electron chi connectivity index (χ3n) is 5.96. The van der Waals surface area contributed by atoms with Crippen LogP contribution in [0.15, 0.2) is 88.5 Å². The molecule has 1 aliphatic rings. The lowest BCUT2D eigenvalue weighted by molar-refractivity contribution is -0.117. The summed E-state index contributed by atoms with van der Waals surface area (Å²) in [5.74, 6) is -1.06.